The Hall–Kier alpha value is -0.340. The number of halogens is 1. The van der Waals surface area contributed by atoms with Crippen LogP contribution in [0, 0.1) is 0 Å². The van der Waals surface area contributed by atoms with Gasteiger partial charge in [-0.15, -0.1) is 0 Å². The van der Waals surface area contributed by atoms with Crippen molar-refractivity contribution in [3.8, 4) is 0 Å². The zero-order valence-corrected chi connectivity index (χ0v) is 11.9. The van der Waals surface area contributed by atoms with Crippen LogP contribution in [0.3, 0.4) is 0 Å². The number of likely N-dealkylation sites (tertiary alicyclic amines) is 1. The van der Waals surface area contributed by atoms with Crippen molar-refractivity contribution in [2.45, 2.75) is 38.0 Å². The largest absolute Gasteiger partial charge is 0.303 e. The fraction of sp³-hybridized carbons (Fsp3) is 0.600. The van der Waals surface area contributed by atoms with Crippen LogP contribution in [0.2, 0.25) is 0 Å². The summed E-state index contributed by atoms with van der Waals surface area (Å²) in [6.07, 6.45) is 6.86. The molecule has 1 aromatic rings. The van der Waals surface area contributed by atoms with E-state index < -0.39 is 0 Å². The van der Waals surface area contributed by atoms with E-state index >= 15 is 0 Å². The highest BCUT2D eigenvalue weighted by molar-refractivity contribution is 9.10. The summed E-state index contributed by atoms with van der Waals surface area (Å²) in [6, 6.07) is 6.83. The summed E-state index contributed by atoms with van der Waals surface area (Å²) in [5, 5.41) is 0. The molecule has 2 heteroatoms. The number of hydrogen-bond donors (Lipinski definition) is 0. The van der Waals surface area contributed by atoms with E-state index in [0.717, 1.165) is 5.92 Å². The first-order valence-electron chi connectivity index (χ1n) is 6.83. The van der Waals surface area contributed by atoms with Gasteiger partial charge in [-0.3, -0.25) is 0 Å². The van der Waals surface area contributed by atoms with Gasteiger partial charge in [-0.25, -0.2) is 0 Å². The molecule has 0 aromatic heterocycles. The second kappa shape index (κ2) is 5.11. The van der Waals surface area contributed by atoms with Crippen LogP contribution in [0.15, 0.2) is 22.7 Å². The predicted octanol–water partition coefficient (Wildman–Crippen LogP) is 3.96. The maximum Gasteiger partial charge on any atom is 0.0178 e. The summed E-state index contributed by atoms with van der Waals surface area (Å²) in [6.45, 7) is 3.92. The molecule has 2 aliphatic rings. The van der Waals surface area contributed by atoms with Gasteiger partial charge in [0.05, 0.1) is 0 Å². The number of rotatable bonds is 2. The van der Waals surface area contributed by atoms with Gasteiger partial charge < -0.3 is 4.90 Å². The molecule has 0 amide bonds. The highest BCUT2D eigenvalue weighted by Gasteiger charge is 2.25. The summed E-state index contributed by atoms with van der Waals surface area (Å²) in [5.41, 5.74) is 3.18. The van der Waals surface area contributed by atoms with Crippen LogP contribution in [-0.2, 0) is 6.42 Å². The second-order valence-corrected chi connectivity index (χ2v) is 6.36. The van der Waals surface area contributed by atoms with Gasteiger partial charge in [0, 0.05) is 11.0 Å². The topological polar surface area (TPSA) is 3.24 Å². The molecule has 1 atom stereocenters. The van der Waals surface area contributed by atoms with Crippen molar-refractivity contribution >= 4 is 15.9 Å². The third kappa shape index (κ3) is 2.58. The Morgan fingerprint density at radius 3 is 2.82 bits per heavy atom. The van der Waals surface area contributed by atoms with Crippen LogP contribution in [0.25, 0.3) is 0 Å². The SMILES string of the molecule is Brc1ccc2c(c1)C(CN1CCCCC1)CC2. The van der Waals surface area contributed by atoms with E-state index in [-0.39, 0.29) is 0 Å². The summed E-state index contributed by atoms with van der Waals surface area (Å²) in [5.74, 6) is 0.778. The van der Waals surface area contributed by atoms with E-state index in [0.29, 0.717) is 0 Å². The van der Waals surface area contributed by atoms with E-state index in [4.69, 9.17) is 0 Å². The fourth-order valence-electron chi connectivity index (χ4n) is 3.30. The molecule has 1 fully saturated rings. The lowest BCUT2D eigenvalue weighted by molar-refractivity contribution is 0.215. The molecule has 0 N–H and O–H groups in total. The zero-order chi connectivity index (χ0) is 11.7. The Morgan fingerprint density at radius 1 is 1.18 bits per heavy atom. The Morgan fingerprint density at radius 2 is 2.00 bits per heavy atom. The maximum absolute atomic E-state index is 3.60. The van der Waals surface area contributed by atoms with Gasteiger partial charge in [-0.1, -0.05) is 28.4 Å². The normalized spacial score (nSPS) is 24.9. The number of nitrogens with zero attached hydrogens (tertiary/aromatic N) is 1. The standard InChI is InChI=1S/C15H20BrN/c16-14-7-6-12-4-5-13(15(12)10-14)11-17-8-2-1-3-9-17/h6-7,10,13H,1-5,8-9,11H2. The molecule has 0 saturated carbocycles. The predicted molar refractivity (Wildman–Crippen MR) is 75.5 cm³/mol. The van der Waals surface area contributed by atoms with Gasteiger partial charge in [-0.05, 0) is 68.0 Å². The Labute approximate surface area is 112 Å². The van der Waals surface area contributed by atoms with Crippen LogP contribution < -0.4 is 0 Å². The first-order valence-corrected chi connectivity index (χ1v) is 7.63. The van der Waals surface area contributed by atoms with E-state index in [2.05, 4.69) is 39.0 Å². The molecular formula is C15H20BrN. The highest BCUT2D eigenvalue weighted by atomic mass is 79.9. The average molecular weight is 294 g/mol. The third-order valence-electron chi connectivity index (χ3n) is 4.24. The fourth-order valence-corrected chi connectivity index (χ4v) is 3.68. The van der Waals surface area contributed by atoms with E-state index in [1.807, 2.05) is 0 Å². The second-order valence-electron chi connectivity index (χ2n) is 5.44. The van der Waals surface area contributed by atoms with Crippen LogP contribution >= 0.6 is 15.9 Å². The number of hydrogen-bond acceptors (Lipinski definition) is 1. The summed E-state index contributed by atoms with van der Waals surface area (Å²) >= 11 is 3.60. The molecular weight excluding hydrogens is 274 g/mol. The monoisotopic (exact) mass is 293 g/mol. The maximum atomic E-state index is 3.60. The summed E-state index contributed by atoms with van der Waals surface area (Å²) < 4.78 is 1.24. The van der Waals surface area contributed by atoms with Crippen LogP contribution in [0.1, 0.15) is 42.7 Å². The number of piperidine rings is 1. The smallest absolute Gasteiger partial charge is 0.0178 e. The minimum absolute atomic E-state index is 0.778. The van der Waals surface area contributed by atoms with Crippen molar-refractivity contribution in [1.82, 2.24) is 4.90 Å². The van der Waals surface area contributed by atoms with Crippen LogP contribution in [-0.4, -0.2) is 24.5 Å². The highest BCUT2D eigenvalue weighted by Crippen LogP contribution is 2.35. The van der Waals surface area contributed by atoms with Gasteiger partial charge in [0.25, 0.3) is 0 Å². The lowest BCUT2D eigenvalue weighted by Crippen LogP contribution is -2.33. The van der Waals surface area contributed by atoms with Gasteiger partial charge in [0.2, 0.25) is 0 Å². The first kappa shape index (κ1) is 11.7. The van der Waals surface area contributed by atoms with Crippen molar-refractivity contribution in [3.05, 3.63) is 33.8 Å². The van der Waals surface area contributed by atoms with Gasteiger partial charge in [0.1, 0.15) is 0 Å². The molecule has 1 aromatic carbocycles. The molecule has 17 heavy (non-hydrogen) atoms. The lowest BCUT2D eigenvalue weighted by atomic mass is 9.99. The average Bonchev–Trinajstić information content (AvgIpc) is 2.73. The van der Waals surface area contributed by atoms with Crippen molar-refractivity contribution in [2.75, 3.05) is 19.6 Å². The Balaban J connectivity index is 1.72. The number of fused-ring (bicyclic) bond motifs is 1. The molecule has 1 nitrogen and oxygen atoms in total. The quantitative estimate of drug-likeness (QED) is 0.798. The zero-order valence-electron chi connectivity index (χ0n) is 10.3. The molecule has 3 rings (SSSR count). The molecule has 1 saturated heterocycles. The Bertz CT molecular complexity index is 396. The van der Waals surface area contributed by atoms with Crippen molar-refractivity contribution in [1.29, 1.82) is 0 Å². The minimum Gasteiger partial charge on any atom is -0.303 e. The first-order chi connectivity index (χ1) is 8.33. The van der Waals surface area contributed by atoms with E-state index in [9.17, 15) is 0 Å². The molecule has 0 spiro atoms. The molecule has 92 valence electrons. The van der Waals surface area contributed by atoms with Crippen LogP contribution in [0.4, 0.5) is 0 Å². The minimum atomic E-state index is 0.778. The van der Waals surface area contributed by atoms with E-state index in [1.165, 1.54) is 56.2 Å². The third-order valence-corrected chi connectivity index (χ3v) is 4.73. The van der Waals surface area contributed by atoms with Crippen molar-refractivity contribution in [2.24, 2.45) is 0 Å². The molecule has 1 heterocycles. The van der Waals surface area contributed by atoms with Crippen molar-refractivity contribution < 1.29 is 0 Å². The lowest BCUT2D eigenvalue weighted by Gasteiger charge is -2.29. The molecule has 0 bridgehead atoms. The van der Waals surface area contributed by atoms with Gasteiger partial charge >= 0.3 is 0 Å². The van der Waals surface area contributed by atoms with E-state index in [1.54, 1.807) is 11.1 Å². The summed E-state index contributed by atoms with van der Waals surface area (Å²) in [4.78, 5) is 2.67. The molecule has 1 aliphatic heterocycles. The number of benzene rings is 1. The number of aryl methyl sites for hydroxylation is 1. The molecule has 0 radical (unpaired) electrons. The molecule has 1 aliphatic carbocycles. The van der Waals surface area contributed by atoms with Gasteiger partial charge in [0.15, 0.2) is 0 Å². The van der Waals surface area contributed by atoms with Gasteiger partial charge in [-0.2, -0.15) is 0 Å². The Kier molecular flexibility index (Phi) is 3.53. The summed E-state index contributed by atoms with van der Waals surface area (Å²) in [7, 11) is 0. The van der Waals surface area contributed by atoms with Crippen LogP contribution in [0.5, 0.6) is 0 Å². The van der Waals surface area contributed by atoms with Crippen molar-refractivity contribution in [3.63, 3.8) is 0 Å². The molecule has 1 unspecified atom stereocenters.